The van der Waals surface area contributed by atoms with Crippen LogP contribution in [-0.4, -0.2) is 25.8 Å². The van der Waals surface area contributed by atoms with E-state index in [1.165, 1.54) is 12.1 Å². The van der Waals surface area contributed by atoms with E-state index in [0.29, 0.717) is 11.8 Å². The van der Waals surface area contributed by atoms with Crippen molar-refractivity contribution in [3.05, 3.63) is 59.7 Å². The maximum atomic E-state index is 13.5. The second kappa shape index (κ2) is 7.18. The molecule has 0 amide bonds. The first-order chi connectivity index (χ1) is 11.2. The normalized spacial score (nSPS) is 13.1. The van der Waals surface area contributed by atoms with E-state index in [9.17, 15) is 31.1 Å². The molecule has 0 heterocycles. The molecule has 0 saturated carbocycles. The molecular weight excluding hydrogens is 350 g/mol. The SMILES string of the molecule is O=S(=O)(c1ccc(NCC(O)c2ccc(F)cc2F)cc1)C(F)F. The number of sulfone groups is 1. The van der Waals surface area contributed by atoms with Crippen LogP contribution in [0.15, 0.2) is 47.4 Å². The predicted molar refractivity (Wildman–Crippen MR) is 79.4 cm³/mol. The minimum Gasteiger partial charge on any atom is -0.386 e. The number of hydrogen-bond donors (Lipinski definition) is 2. The molecule has 2 rings (SSSR count). The number of aliphatic hydroxyl groups is 1. The van der Waals surface area contributed by atoms with Crippen LogP contribution in [0.3, 0.4) is 0 Å². The van der Waals surface area contributed by atoms with Gasteiger partial charge in [-0.2, -0.15) is 8.78 Å². The van der Waals surface area contributed by atoms with Crippen molar-refractivity contribution < 1.29 is 31.1 Å². The zero-order valence-corrected chi connectivity index (χ0v) is 12.9. The molecular formula is C15H13F4NO3S. The van der Waals surface area contributed by atoms with Crippen molar-refractivity contribution in [2.45, 2.75) is 16.8 Å². The Labute approximate surface area is 135 Å². The van der Waals surface area contributed by atoms with E-state index in [0.717, 1.165) is 24.3 Å². The average Bonchev–Trinajstić information content (AvgIpc) is 2.53. The maximum Gasteiger partial charge on any atom is 0.341 e. The molecule has 2 aromatic carbocycles. The quantitative estimate of drug-likeness (QED) is 0.774. The fourth-order valence-corrected chi connectivity index (χ4v) is 2.68. The molecule has 0 aliphatic carbocycles. The van der Waals surface area contributed by atoms with Gasteiger partial charge in [0.2, 0.25) is 9.84 Å². The van der Waals surface area contributed by atoms with Gasteiger partial charge in [0.1, 0.15) is 11.6 Å². The molecule has 0 fully saturated rings. The third kappa shape index (κ3) is 4.04. The summed E-state index contributed by atoms with van der Waals surface area (Å²) in [6.07, 6.45) is -1.28. The average molecular weight is 363 g/mol. The van der Waals surface area contributed by atoms with Gasteiger partial charge >= 0.3 is 5.76 Å². The molecule has 2 N–H and O–H groups in total. The first-order valence-electron chi connectivity index (χ1n) is 6.71. The van der Waals surface area contributed by atoms with Crippen molar-refractivity contribution >= 4 is 15.5 Å². The fraction of sp³-hybridized carbons (Fsp3) is 0.200. The highest BCUT2D eigenvalue weighted by atomic mass is 32.2. The van der Waals surface area contributed by atoms with E-state index in [-0.39, 0.29) is 12.1 Å². The molecule has 0 saturated heterocycles. The minimum atomic E-state index is -4.67. The first kappa shape index (κ1) is 18.2. The topological polar surface area (TPSA) is 66.4 Å². The Kier molecular flexibility index (Phi) is 5.45. The molecule has 0 aliphatic heterocycles. The van der Waals surface area contributed by atoms with E-state index >= 15 is 0 Å². The third-order valence-corrected chi connectivity index (χ3v) is 4.64. The lowest BCUT2D eigenvalue weighted by Gasteiger charge is -2.14. The molecule has 0 bridgehead atoms. The smallest absolute Gasteiger partial charge is 0.341 e. The van der Waals surface area contributed by atoms with E-state index in [1.807, 2.05) is 0 Å². The number of benzene rings is 2. The molecule has 4 nitrogen and oxygen atoms in total. The number of alkyl halides is 2. The molecule has 0 aromatic heterocycles. The zero-order chi connectivity index (χ0) is 17.9. The number of halogens is 4. The number of nitrogens with one attached hydrogen (secondary N) is 1. The monoisotopic (exact) mass is 363 g/mol. The molecule has 130 valence electrons. The minimum absolute atomic E-state index is 0.110. The predicted octanol–water partition coefficient (Wildman–Crippen LogP) is 3.11. The summed E-state index contributed by atoms with van der Waals surface area (Å²) in [5, 5.41) is 12.6. The summed E-state index contributed by atoms with van der Waals surface area (Å²) in [7, 11) is -4.67. The zero-order valence-electron chi connectivity index (χ0n) is 12.1. The van der Waals surface area contributed by atoms with E-state index in [4.69, 9.17) is 0 Å². The second-order valence-electron chi connectivity index (χ2n) is 4.89. The summed E-state index contributed by atoms with van der Waals surface area (Å²) in [5.41, 5.74) is 0.227. The number of rotatable bonds is 6. The van der Waals surface area contributed by atoms with E-state index in [1.54, 1.807) is 0 Å². The Bertz CT molecular complexity index is 810. The Morgan fingerprint density at radius 1 is 1.04 bits per heavy atom. The first-order valence-corrected chi connectivity index (χ1v) is 8.25. The Morgan fingerprint density at radius 2 is 1.67 bits per heavy atom. The molecule has 24 heavy (non-hydrogen) atoms. The molecule has 2 aromatic rings. The molecule has 9 heteroatoms. The maximum absolute atomic E-state index is 13.5. The standard InChI is InChI=1S/C15H13F4NO3S/c16-9-1-6-12(13(17)7-9)14(21)8-20-10-2-4-11(5-3-10)24(22,23)15(18)19/h1-7,14-15,20-21H,8H2. The third-order valence-electron chi connectivity index (χ3n) is 3.24. The van der Waals surface area contributed by atoms with Gasteiger partial charge in [-0.15, -0.1) is 0 Å². The highest BCUT2D eigenvalue weighted by molar-refractivity contribution is 7.91. The van der Waals surface area contributed by atoms with Crippen molar-refractivity contribution in [1.29, 1.82) is 0 Å². The van der Waals surface area contributed by atoms with Crippen LogP contribution in [-0.2, 0) is 9.84 Å². The van der Waals surface area contributed by atoms with Crippen LogP contribution in [0, 0.1) is 11.6 Å². The van der Waals surface area contributed by atoms with Gasteiger partial charge in [0, 0.05) is 23.9 Å². The summed E-state index contributed by atoms with van der Waals surface area (Å²) in [5.74, 6) is -5.19. The van der Waals surface area contributed by atoms with Crippen LogP contribution in [0.25, 0.3) is 0 Å². The van der Waals surface area contributed by atoms with Crippen LogP contribution in [0.2, 0.25) is 0 Å². The van der Waals surface area contributed by atoms with Crippen molar-refractivity contribution in [1.82, 2.24) is 0 Å². The summed E-state index contributed by atoms with van der Waals surface area (Å²) in [6, 6.07) is 7.22. The van der Waals surface area contributed by atoms with E-state index in [2.05, 4.69) is 5.32 Å². The fourth-order valence-electron chi connectivity index (χ4n) is 1.96. The Balaban J connectivity index is 2.04. The van der Waals surface area contributed by atoms with Crippen LogP contribution >= 0.6 is 0 Å². The highest BCUT2D eigenvalue weighted by Crippen LogP contribution is 2.22. The summed E-state index contributed by atoms with van der Waals surface area (Å²) in [4.78, 5) is -0.534. The van der Waals surface area contributed by atoms with E-state index < -0.39 is 38.2 Å². The van der Waals surface area contributed by atoms with Crippen LogP contribution in [0.1, 0.15) is 11.7 Å². The highest BCUT2D eigenvalue weighted by Gasteiger charge is 2.26. The van der Waals surface area contributed by atoms with Crippen molar-refractivity contribution in [2.75, 3.05) is 11.9 Å². The van der Waals surface area contributed by atoms with Crippen LogP contribution < -0.4 is 5.32 Å². The van der Waals surface area contributed by atoms with Gasteiger partial charge in [-0.1, -0.05) is 6.07 Å². The molecule has 0 spiro atoms. The lowest BCUT2D eigenvalue weighted by Crippen LogP contribution is -2.14. The summed E-state index contributed by atoms with van der Waals surface area (Å²) >= 11 is 0. The largest absolute Gasteiger partial charge is 0.386 e. The summed E-state index contributed by atoms with van der Waals surface area (Å²) < 4.78 is 73.7. The molecule has 1 unspecified atom stereocenters. The van der Waals surface area contributed by atoms with Gasteiger partial charge in [0.15, 0.2) is 0 Å². The number of aliphatic hydroxyl groups excluding tert-OH is 1. The molecule has 1 atom stereocenters. The Morgan fingerprint density at radius 3 is 2.21 bits per heavy atom. The van der Waals surface area contributed by atoms with Gasteiger partial charge in [0.25, 0.3) is 0 Å². The number of hydrogen-bond acceptors (Lipinski definition) is 4. The van der Waals surface area contributed by atoms with Crippen molar-refractivity contribution in [3.8, 4) is 0 Å². The lowest BCUT2D eigenvalue weighted by molar-refractivity contribution is 0.186. The van der Waals surface area contributed by atoms with Crippen molar-refractivity contribution in [3.63, 3.8) is 0 Å². The summed E-state index contributed by atoms with van der Waals surface area (Å²) in [6.45, 7) is -0.149. The van der Waals surface area contributed by atoms with Gasteiger partial charge in [-0.3, -0.25) is 0 Å². The van der Waals surface area contributed by atoms with Crippen LogP contribution in [0.5, 0.6) is 0 Å². The second-order valence-corrected chi connectivity index (χ2v) is 6.81. The van der Waals surface area contributed by atoms with Gasteiger partial charge in [0.05, 0.1) is 11.0 Å². The van der Waals surface area contributed by atoms with Gasteiger partial charge in [-0.25, -0.2) is 17.2 Å². The number of anilines is 1. The van der Waals surface area contributed by atoms with Gasteiger partial charge in [-0.05, 0) is 30.3 Å². The Hall–Kier alpha value is -2.13. The van der Waals surface area contributed by atoms with Crippen LogP contribution in [0.4, 0.5) is 23.2 Å². The van der Waals surface area contributed by atoms with Crippen molar-refractivity contribution in [2.24, 2.45) is 0 Å². The molecule has 0 radical (unpaired) electrons. The van der Waals surface area contributed by atoms with Gasteiger partial charge < -0.3 is 10.4 Å². The lowest BCUT2D eigenvalue weighted by atomic mass is 10.1. The molecule has 0 aliphatic rings.